The van der Waals surface area contributed by atoms with Gasteiger partial charge in [0, 0.05) is 12.0 Å². The second-order valence-corrected chi connectivity index (χ2v) is 5.78. The van der Waals surface area contributed by atoms with E-state index in [1.54, 1.807) is 20.8 Å². The van der Waals surface area contributed by atoms with Crippen LogP contribution in [-0.2, 0) is 16.0 Å². The molecule has 0 aromatic heterocycles. The summed E-state index contributed by atoms with van der Waals surface area (Å²) < 4.78 is 37.2. The highest BCUT2D eigenvalue weighted by molar-refractivity contribution is 5.80. The predicted molar refractivity (Wildman–Crippen MR) is 77.4 cm³/mol. The van der Waals surface area contributed by atoms with Gasteiger partial charge in [-0.05, 0) is 32.9 Å². The highest BCUT2D eigenvalue weighted by Gasteiger charge is 2.27. The molecule has 0 saturated heterocycles. The normalized spacial score (nSPS) is 12.4. The second kappa shape index (κ2) is 7.26. The number of hydrogen-bond acceptors (Lipinski definition) is 4. The van der Waals surface area contributed by atoms with Crippen molar-refractivity contribution in [2.24, 2.45) is 0 Å². The first-order chi connectivity index (χ1) is 10.5. The summed E-state index contributed by atoms with van der Waals surface area (Å²) in [5.74, 6) is -3.48. The van der Waals surface area contributed by atoms with Gasteiger partial charge >= 0.3 is 12.1 Å². The van der Waals surface area contributed by atoms with Gasteiger partial charge in [0.15, 0.2) is 11.6 Å². The van der Waals surface area contributed by atoms with Crippen LogP contribution in [0.2, 0.25) is 0 Å². The highest BCUT2D eigenvalue weighted by atomic mass is 19.1. The Morgan fingerprint density at radius 1 is 1.26 bits per heavy atom. The minimum absolute atomic E-state index is 0.282. The molecular formula is C15H19F2NO5. The molecule has 1 rings (SSSR count). The molecule has 0 spiro atoms. The van der Waals surface area contributed by atoms with Gasteiger partial charge in [0.05, 0.1) is 7.11 Å². The maximum atomic E-state index is 13.9. The Balaban J connectivity index is 3.00. The van der Waals surface area contributed by atoms with Crippen molar-refractivity contribution in [2.75, 3.05) is 7.11 Å². The molecule has 0 radical (unpaired) electrons. The number of amides is 1. The van der Waals surface area contributed by atoms with Crippen LogP contribution in [0.3, 0.4) is 0 Å². The zero-order valence-corrected chi connectivity index (χ0v) is 13.3. The topological polar surface area (TPSA) is 84.9 Å². The van der Waals surface area contributed by atoms with Crippen molar-refractivity contribution in [3.05, 3.63) is 29.3 Å². The van der Waals surface area contributed by atoms with Crippen molar-refractivity contribution in [3.8, 4) is 5.75 Å². The van der Waals surface area contributed by atoms with Crippen molar-refractivity contribution in [1.82, 2.24) is 5.32 Å². The summed E-state index contributed by atoms with van der Waals surface area (Å²) in [6.07, 6.45) is -1.47. The zero-order valence-electron chi connectivity index (χ0n) is 13.3. The number of benzene rings is 1. The summed E-state index contributed by atoms with van der Waals surface area (Å²) >= 11 is 0. The van der Waals surface area contributed by atoms with Crippen molar-refractivity contribution < 1.29 is 33.0 Å². The molecule has 0 fully saturated rings. The van der Waals surface area contributed by atoms with Crippen LogP contribution in [0.4, 0.5) is 13.6 Å². The van der Waals surface area contributed by atoms with Crippen molar-refractivity contribution in [3.63, 3.8) is 0 Å². The maximum absolute atomic E-state index is 13.9. The Bertz CT molecular complexity index is 598. The largest absolute Gasteiger partial charge is 0.493 e. The monoisotopic (exact) mass is 331 g/mol. The van der Waals surface area contributed by atoms with Crippen LogP contribution in [0.1, 0.15) is 26.3 Å². The number of halogens is 2. The van der Waals surface area contributed by atoms with E-state index in [2.05, 4.69) is 5.32 Å². The fourth-order valence-corrected chi connectivity index (χ4v) is 1.84. The van der Waals surface area contributed by atoms with E-state index in [0.29, 0.717) is 0 Å². The van der Waals surface area contributed by atoms with E-state index in [1.807, 2.05) is 0 Å². The third-order valence-electron chi connectivity index (χ3n) is 2.76. The molecule has 23 heavy (non-hydrogen) atoms. The molecule has 1 atom stereocenters. The molecule has 0 aliphatic heterocycles. The molecule has 1 amide bonds. The molecule has 1 aromatic carbocycles. The Morgan fingerprint density at radius 2 is 1.83 bits per heavy atom. The van der Waals surface area contributed by atoms with E-state index in [9.17, 15) is 23.5 Å². The lowest BCUT2D eigenvalue weighted by atomic mass is 10.0. The van der Waals surface area contributed by atoms with E-state index in [1.165, 1.54) is 0 Å². The lowest BCUT2D eigenvalue weighted by molar-refractivity contribution is -0.139. The zero-order chi connectivity index (χ0) is 17.8. The summed E-state index contributed by atoms with van der Waals surface area (Å²) in [5.41, 5.74) is -1.11. The predicted octanol–water partition coefficient (Wildman–Crippen LogP) is 2.49. The highest BCUT2D eigenvalue weighted by Crippen LogP contribution is 2.26. The van der Waals surface area contributed by atoms with Gasteiger partial charge in [-0.1, -0.05) is 0 Å². The number of carbonyl (C=O) groups excluding carboxylic acids is 1. The number of alkyl carbamates (subject to hydrolysis) is 1. The summed E-state index contributed by atoms with van der Waals surface area (Å²) in [5, 5.41) is 11.3. The lowest BCUT2D eigenvalue weighted by Gasteiger charge is -2.22. The molecule has 1 aromatic rings. The van der Waals surface area contributed by atoms with Crippen LogP contribution >= 0.6 is 0 Å². The quantitative estimate of drug-likeness (QED) is 0.866. The third kappa shape index (κ3) is 5.39. The van der Waals surface area contributed by atoms with Crippen LogP contribution in [0.15, 0.2) is 12.1 Å². The Morgan fingerprint density at radius 3 is 2.30 bits per heavy atom. The second-order valence-electron chi connectivity index (χ2n) is 5.78. The number of rotatable bonds is 5. The number of carbonyl (C=O) groups is 2. The van der Waals surface area contributed by atoms with E-state index in [0.717, 1.165) is 19.2 Å². The average Bonchev–Trinajstić information content (AvgIpc) is 2.39. The average molecular weight is 331 g/mol. The van der Waals surface area contributed by atoms with Crippen molar-refractivity contribution in [1.29, 1.82) is 0 Å². The number of hydrogen-bond donors (Lipinski definition) is 2. The molecule has 2 N–H and O–H groups in total. The first-order valence-electron chi connectivity index (χ1n) is 6.78. The number of nitrogens with one attached hydrogen (secondary N) is 1. The first kappa shape index (κ1) is 18.7. The number of methoxy groups -OCH3 is 1. The molecule has 8 heteroatoms. The van der Waals surface area contributed by atoms with E-state index in [-0.39, 0.29) is 5.56 Å². The number of carboxylic acid groups (broad SMARTS) is 1. The van der Waals surface area contributed by atoms with Gasteiger partial charge in [0.25, 0.3) is 0 Å². The minimum atomic E-state index is -1.50. The van der Waals surface area contributed by atoms with Gasteiger partial charge in [-0.2, -0.15) is 0 Å². The summed E-state index contributed by atoms with van der Waals surface area (Å²) in [6.45, 7) is 4.83. The standard InChI is InChI=1S/C15H19F2NO5/c1-15(2,3)23-14(21)18-11(13(19)20)7-8-9(16)5-6-10(17)12(8)22-4/h5-6,11H,7H2,1-4H3,(H,18,21)(H,19,20). The first-order valence-corrected chi connectivity index (χ1v) is 6.78. The Hall–Kier alpha value is -2.38. The SMILES string of the molecule is COc1c(F)ccc(F)c1CC(NC(=O)OC(C)(C)C)C(=O)O. The molecular weight excluding hydrogens is 312 g/mol. The molecule has 0 saturated carbocycles. The summed E-state index contributed by atoms with van der Waals surface area (Å²) in [6, 6.07) is 0.226. The van der Waals surface area contributed by atoms with Gasteiger partial charge < -0.3 is 19.9 Å². The minimum Gasteiger partial charge on any atom is -0.493 e. The number of carboxylic acids is 1. The van der Waals surface area contributed by atoms with Gasteiger partial charge in [-0.15, -0.1) is 0 Å². The third-order valence-corrected chi connectivity index (χ3v) is 2.76. The van der Waals surface area contributed by atoms with Crippen molar-refractivity contribution in [2.45, 2.75) is 38.8 Å². The molecule has 128 valence electrons. The van der Waals surface area contributed by atoms with E-state index in [4.69, 9.17) is 9.47 Å². The van der Waals surface area contributed by atoms with E-state index >= 15 is 0 Å². The molecule has 0 aliphatic carbocycles. The molecule has 6 nitrogen and oxygen atoms in total. The smallest absolute Gasteiger partial charge is 0.408 e. The van der Waals surface area contributed by atoms with Crippen LogP contribution in [-0.4, -0.2) is 35.9 Å². The van der Waals surface area contributed by atoms with Crippen LogP contribution in [0.5, 0.6) is 5.75 Å². The van der Waals surface area contributed by atoms with Crippen LogP contribution < -0.4 is 10.1 Å². The van der Waals surface area contributed by atoms with Gasteiger partial charge in [-0.3, -0.25) is 0 Å². The Kier molecular flexibility index (Phi) is 5.89. The van der Waals surface area contributed by atoms with E-state index < -0.39 is 47.5 Å². The van der Waals surface area contributed by atoms with Gasteiger partial charge in [-0.25, -0.2) is 18.4 Å². The lowest BCUT2D eigenvalue weighted by Crippen LogP contribution is -2.44. The van der Waals surface area contributed by atoms with Crippen LogP contribution in [0.25, 0.3) is 0 Å². The molecule has 0 heterocycles. The fraction of sp³-hybridized carbons (Fsp3) is 0.467. The molecule has 0 bridgehead atoms. The maximum Gasteiger partial charge on any atom is 0.408 e. The summed E-state index contributed by atoms with van der Waals surface area (Å²) in [7, 11) is 1.14. The van der Waals surface area contributed by atoms with Crippen molar-refractivity contribution >= 4 is 12.1 Å². The van der Waals surface area contributed by atoms with Gasteiger partial charge in [0.2, 0.25) is 0 Å². The fourth-order valence-electron chi connectivity index (χ4n) is 1.84. The van der Waals surface area contributed by atoms with Gasteiger partial charge in [0.1, 0.15) is 17.5 Å². The molecule has 0 aliphatic rings. The Labute approximate surface area is 132 Å². The summed E-state index contributed by atoms with van der Waals surface area (Å²) in [4.78, 5) is 22.9. The number of ether oxygens (including phenoxy) is 2. The number of aliphatic carboxylic acids is 1. The van der Waals surface area contributed by atoms with Crippen LogP contribution in [0, 0.1) is 11.6 Å². The molecule has 1 unspecified atom stereocenters.